The van der Waals surface area contributed by atoms with E-state index >= 15 is 0 Å². The molecule has 6 heteroatoms. The number of nitrogens with one attached hydrogen (secondary N) is 3. The molecule has 1 saturated carbocycles. The lowest BCUT2D eigenvalue weighted by molar-refractivity contribution is -0.130. The van der Waals surface area contributed by atoms with Gasteiger partial charge in [0.05, 0.1) is 12.1 Å². The Morgan fingerprint density at radius 3 is 2.53 bits per heavy atom. The molecule has 1 aliphatic rings. The van der Waals surface area contributed by atoms with Crippen LogP contribution < -0.4 is 16.4 Å². The van der Waals surface area contributed by atoms with Crippen LogP contribution in [0.4, 0.5) is 0 Å². The van der Waals surface area contributed by atoms with E-state index in [4.69, 9.17) is 5.73 Å². The topological polar surface area (TPSA) is 100 Å². The van der Waals surface area contributed by atoms with Gasteiger partial charge in [0.15, 0.2) is 0 Å². The lowest BCUT2D eigenvalue weighted by Crippen LogP contribution is -2.47. The molecule has 4 rings (SSSR count). The first-order valence-corrected chi connectivity index (χ1v) is 13.3. The normalized spacial score (nSPS) is 21.8. The van der Waals surface area contributed by atoms with Gasteiger partial charge in [0, 0.05) is 29.6 Å². The highest BCUT2D eigenvalue weighted by Gasteiger charge is 2.35. The SMILES string of the molecule is CC(C)[C@@H]1CC[C@@H](C)C[C@H]1C(=O)NC[C@@H](NC(=O)[C@@H](N)Cc1c[nH]c2ccccc12)c1ccccc1. The fourth-order valence-corrected chi connectivity index (χ4v) is 5.68. The van der Waals surface area contributed by atoms with Gasteiger partial charge in [-0.2, -0.15) is 0 Å². The number of aromatic amines is 1. The van der Waals surface area contributed by atoms with Crippen molar-refractivity contribution in [1.29, 1.82) is 0 Å². The molecule has 1 aliphatic carbocycles. The molecule has 0 unspecified atom stereocenters. The molecule has 1 fully saturated rings. The molecular formula is C30H40N4O2. The second kappa shape index (κ2) is 11.7. The summed E-state index contributed by atoms with van der Waals surface area (Å²) < 4.78 is 0. The van der Waals surface area contributed by atoms with E-state index in [1.807, 2.05) is 60.8 Å². The molecule has 192 valence electrons. The average Bonchev–Trinajstić information content (AvgIpc) is 3.29. The molecule has 0 spiro atoms. The van der Waals surface area contributed by atoms with Crippen molar-refractivity contribution in [3.63, 3.8) is 0 Å². The van der Waals surface area contributed by atoms with Gasteiger partial charge >= 0.3 is 0 Å². The molecule has 2 amide bonds. The summed E-state index contributed by atoms with van der Waals surface area (Å²) in [6.45, 7) is 7.00. The third-order valence-corrected chi connectivity index (χ3v) is 7.81. The first-order valence-electron chi connectivity index (χ1n) is 13.3. The Bertz CT molecular complexity index is 1160. The van der Waals surface area contributed by atoms with Crippen LogP contribution in [0.5, 0.6) is 0 Å². The van der Waals surface area contributed by atoms with Crippen LogP contribution in [0.1, 0.15) is 57.2 Å². The standard InChI is InChI=1S/C30H40N4O2/c1-19(2)23-14-13-20(3)15-25(23)29(35)33-18-28(21-9-5-4-6-10-21)34-30(36)26(31)16-22-17-32-27-12-8-7-11-24(22)27/h4-12,17,19-20,23,25-26,28,32H,13-16,18,31H2,1-3H3,(H,33,35)(H,34,36)/t20-,23+,25-,26+,28-/m1/s1. The second-order valence-corrected chi connectivity index (χ2v) is 10.8. The van der Waals surface area contributed by atoms with Crippen LogP contribution in [-0.4, -0.2) is 29.4 Å². The van der Waals surface area contributed by atoms with Gasteiger partial charge in [0.25, 0.3) is 0 Å². The van der Waals surface area contributed by atoms with Gasteiger partial charge in [-0.3, -0.25) is 9.59 Å². The van der Waals surface area contributed by atoms with Crippen LogP contribution in [0.25, 0.3) is 10.9 Å². The Hall–Kier alpha value is -3.12. The van der Waals surface area contributed by atoms with Crippen LogP contribution >= 0.6 is 0 Å². The Morgan fingerprint density at radius 1 is 1.06 bits per heavy atom. The Morgan fingerprint density at radius 2 is 1.78 bits per heavy atom. The Balaban J connectivity index is 1.43. The van der Waals surface area contributed by atoms with Gasteiger partial charge in [-0.15, -0.1) is 0 Å². The number of H-pyrrole nitrogens is 1. The van der Waals surface area contributed by atoms with Crippen LogP contribution in [0.15, 0.2) is 60.8 Å². The molecule has 1 aromatic heterocycles. The molecule has 3 aromatic rings. The number of carbonyl (C=O) groups is 2. The number of amides is 2. The fourth-order valence-electron chi connectivity index (χ4n) is 5.68. The van der Waals surface area contributed by atoms with Crippen molar-refractivity contribution in [2.75, 3.05) is 6.54 Å². The lowest BCUT2D eigenvalue weighted by atomic mass is 9.70. The van der Waals surface area contributed by atoms with E-state index in [1.54, 1.807) is 0 Å². The third-order valence-electron chi connectivity index (χ3n) is 7.81. The zero-order valence-corrected chi connectivity index (χ0v) is 21.7. The number of hydrogen-bond acceptors (Lipinski definition) is 3. The summed E-state index contributed by atoms with van der Waals surface area (Å²) in [6, 6.07) is 16.7. The van der Waals surface area contributed by atoms with Crippen LogP contribution in [0.3, 0.4) is 0 Å². The number of para-hydroxylation sites is 1. The summed E-state index contributed by atoms with van der Waals surface area (Å²) in [6.07, 6.45) is 5.55. The van der Waals surface area contributed by atoms with Gasteiger partial charge in [-0.05, 0) is 54.2 Å². The maximum atomic E-state index is 13.3. The van der Waals surface area contributed by atoms with E-state index in [0.717, 1.165) is 34.9 Å². The number of rotatable bonds is 9. The molecule has 36 heavy (non-hydrogen) atoms. The van der Waals surface area contributed by atoms with Gasteiger partial charge < -0.3 is 21.4 Å². The summed E-state index contributed by atoms with van der Waals surface area (Å²) in [5.74, 6) is 1.32. The number of fused-ring (bicyclic) bond motifs is 1. The summed E-state index contributed by atoms with van der Waals surface area (Å²) in [7, 11) is 0. The minimum atomic E-state index is -0.698. The largest absolute Gasteiger partial charge is 0.361 e. The van der Waals surface area contributed by atoms with Crippen molar-refractivity contribution in [3.8, 4) is 0 Å². The highest BCUT2D eigenvalue weighted by atomic mass is 16.2. The van der Waals surface area contributed by atoms with Gasteiger partial charge in [-0.25, -0.2) is 0 Å². The van der Waals surface area contributed by atoms with E-state index in [2.05, 4.69) is 36.4 Å². The molecular weight excluding hydrogens is 448 g/mol. The number of carbonyl (C=O) groups excluding carboxylic acids is 2. The summed E-state index contributed by atoms with van der Waals surface area (Å²) >= 11 is 0. The van der Waals surface area contributed by atoms with Gasteiger partial charge in [-0.1, -0.05) is 75.7 Å². The molecule has 6 nitrogen and oxygen atoms in total. The molecule has 0 radical (unpaired) electrons. The summed E-state index contributed by atoms with van der Waals surface area (Å²) in [5.41, 5.74) is 9.35. The molecule has 0 aliphatic heterocycles. The Labute approximate surface area is 214 Å². The minimum Gasteiger partial charge on any atom is -0.361 e. The van der Waals surface area contributed by atoms with Crippen molar-refractivity contribution in [2.45, 2.75) is 58.5 Å². The van der Waals surface area contributed by atoms with Crippen LogP contribution in [0, 0.1) is 23.7 Å². The number of nitrogens with two attached hydrogens (primary N) is 1. The van der Waals surface area contributed by atoms with Gasteiger partial charge in [0.1, 0.15) is 0 Å². The minimum absolute atomic E-state index is 0.0185. The van der Waals surface area contributed by atoms with E-state index < -0.39 is 6.04 Å². The molecule has 0 bridgehead atoms. The Kier molecular flexibility index (Phi) is 8.47. The van der Waals surface area contributed by atoms with E-state index in [1.165, 1.54) is 6.42 Å². The maximum absolute atomic E-state index is 13.3. The molecule has 5 atom stereocenters. The predicted molar refractivity (Wildman–Crippen MR) is 145 cm³/mol. The summed E-state index contributed by atoms with van der Waals surface area (Å²) in [5, 5.41) is 7.35. The maximum Gasteiger partial charge on any atom is 0.237 e. The van der Waals surface area contributed by atoms with Crippen molar-refractivity contribution in [1.82, 2.24) is 15.6 Å². The van der Waals surface area contributed by atoms with Crippen molar-refractivity contribution in [3.05, 3.63) is 71.9 Å². The zero-order chi connectivity index (χ0) is 25.7. The van der Waals surface area contributed by atoms with E-state index in [9.17, 15) is 9.59 Å². The highest BCUT2D eigenvalue weighted by molar-refractivity contribution is 5.86. The monoisotopic (exact) mass is 488 g/mol. The fraction of sp³-hybridized carbons (Fsp3) is 0.467. The van der Waals surface area contributed by atoms with E-state index in [-0.39, 0.29) is 23.8 Å². The smallest absolute Gasteiger partial charge is 0.237 e. The highest BCUT2D eigenvalue weighted by Crippen LogP contribution is 2.38. The van der Waals surface area contributed by atoms with Crippen LogP contribution in [0.2, 0.25) is 0 Å². The van der Waals surface area contributed by atoms with Gasteiger partial charge in [0.2, 0.25) is 11.8 Å². The number of benzene rings is 2. The zero-order valence-electron chi connectivity index (χ0n) is 21.7. The number of hydrogen-bond donors (Lipinski definition) is 4. The first-order chi connectivity index (χ1) is 17.3. The third kappa shape index (κ3) is 6.16. The number of aromatic nitrogens is 1. The quantitative estimate of drug-likeness (QED) is 0.351. The molecule has 2 aromatic carbocycles. The molecule has 0 saturated heterocycles. The van der Waals surface area contributed by atoms with Crippen molar-refractivity contribution in [2.24, 2.45) is 29.4 Å². The molecule has 5 N–H and O–H groups in total. The van der Waals surface area contributed by atoms with E-state index in [0.29, 0.717) is 30.7 Å². The molecule has 1 heterocycles. The predicted octanol–water partition coefficient (Wildman–Crippen LogP) is 4.72. The summed E-state index contributed by atoms with van der Waals surface area (Å²) in [4.78, 5) is 29.7. The second-order valence-electron chi connectivity index (χ2n) is 10.8. The average molecular weight is 489 g/mol. The lowest BCUT2D eigenvalue weighted by Gasteiger charge is -2.36. The first kappa shape index (κ1) is 26.0. The van der Waals surface area contributed by atoms with Crippen molar-refractivity contribution < 1.29 is 9.59 Å². The van der Waals surface area contributed by atoms with Crippen LogP contribution in [-0.2, 0) is 16.0 Å². The van der Waals surface area contributed by atoms with Crippen molar-refractivity contribution >= 4 is 22.7 Å².